The smallest absolute Gasteiger partial charge is 0.490 e. The van der Waals surface area contributed by atoms with Crippen molar-refractivity contribution in [1.82, 2.24) is 4.98 Å². The Morgan fingerprint density at radius 1 is 1.17 bits per heavy atom. The van der Waals surface area contributed by atoms with Gasteiger partial charge in [0.2, 0.25) is 0 Å². The van der Waals surface area contributed by atoms with Crippen molar-refractivity contribution in [1.29, 1.82) is 0 Å². The van der Waals surface area contributed by atoms with Crippen LogP contribution in [0.1, 0.15) is 0 Å². The molecule has 1 aromatic carbocycles. The molecule has 0 aliphatic rings. The lowest BCUT2D eigenvalue weighted by Crippen LogP contribution is -2.21. The van der Waals surface area contributed by atoms with Gasteiger partial charge in [-0.05, 0) is 12.1 Å². The second-order valence-electron chi connectivity index (χ2n) is 3.16. The summed E-state index contributed by atoms with van der Waals surface area (Å²) in [6, 6.07) is 9.13. The summed E-state index contributed by atoms with van der Waals surface area (Å²) in [5, 5.41) is 17.4. The highest BCUT2D eigenvalue weighted by atomic mass is 19.4. The van der Waals surface area contributed by atoms with Gasteiger partial charge in [0.1, 0.15) is 11.3 Å². The minimum Gasteiger partial charge on any atom is -0.506 e. The van der Waals surface area contributed by atoms with Crippen molar-refractivity contribution in [2.24, 2.45) is 0 Å². The Morgan fingerprint density at radius 3 is 2.22 bits per heavy atom. The van der Waals surface area contributed by atoms with Crippen LogP contribution in [-0.2, 0) is 4.79 Å². The van der Waals surface area contributed by atoms with Crippen molar-refractivity contribution >= 4 is 16.9 Å². The molecule has 0 aliphatic heterocycles. The fourth-order valence-electron chi connectivity index (χ4n) is 1.09. The van der Waals surface area contributed by atoms with E-state index in [-0.39, 0.29) is 5.75 Å². The Labute approximate surface area is 99.3 Å². The van der Waals surface area contributed by atoms with Gasteiger partial charge in [0, 0.05) is 11.6 Å². The van der Waals surface area contributed by atoms with Crippen LogP contribution < -0.4 is 0 Å². The van der Waals surface area contributed by atoms with Gasteiger partial charge in [-0.1, -0.05) is 18.2 Å². The number of hydrogen-bond donors (Lipinski definition) is 2. The SMILES string of the molecule is O=C(O)C(F)(F)F.Oc1cccc2cccnc12. The van der Waals surface area contributed by atoms with Crippen LogP contribution in [0.25, 0.3) is 10.9 Å². The fraction of sp³-hybridized carbons (Fsp3) is 0.0909. The van der Waals surface area contributed by atoms with E-state index in [9.17, 15) is 18.3 Å². The van der Waals surface area contributed by atoms with E-state index in [4.69, 9.17) is 9.90 Å². The number of aliphatic carboxylic acids is 1. The molecule has 2 N–H and O–H groups in total. The number of benzene rings is 1. The average Bonchev–Trinajstić information content (AvgIpc) is 2.29. The molecule has 2 rings (SSSR count). The number of phenolic OH excluding ortho intramolecular Hbond substituents is 1. The van der Waals surface area contributed by atoms with Crippen LogP contribution in [0.15, 0.2) is 36.5 Å². The number of para-hydroxylation sites is 1. The van der Waals surface area contributed by atoms with Gasteiger partial charge < -0.3 is 10.2 Å². The second kappa shape index (κ2) is 5.35. The number of phenols is 1. The molecule has 0 fully saturated rings. The summed E-state index contributed by atoms with van der Waals surface area (Å²) >= 11 is 0. The number of carboxylic acid groups (broad SMARTS) is 1. The number of alkyl halides is 3. The minimum atomic E-state index is -5.08. The number of fused-ring (bicyclic) bond motifs is 1. The Hall–Kier alpha value is -2.31. The quantitative estimate of drug-likeness (QED) is 0.762. The summed E-state index contributed by atoms with van der Waals surface area (Å²) in [6.07, 6.45) is -3.41. The van der Waals surface area contributed by atoms with Crippen molar-refractivity contribution in [3.63, 3.8) is 0 Å². The standard InChI is InChI=1S/C9H7NO.C2HF3O2/c11-8-5-1-3-7-4-2-6-10-9(7)8;3-2(4,5)1(6)7/h1-6,11H;(H,6,7). The number of rotatable bonds is 0. The molecule has 0 saturated heterocycles. The molecule has 7 heteroatoms. The van der Waals surface area contributed by atoms with E-state index in [1.807, 2.05) is 18.2 Å². The molecule has 2 aromatic rings. The molecule has 0 amide bonds. The number of halogens is 3. The van der Waals surface area contributed by atoms with Gasteiger partial charge in [0.15, 0.2) is 0 Å². The molecule has 0 aliphatic carbocycles. The molecule has 0 radical (unpaired) electrons. The summed E-state index contributed by atoms with van der Waals surface area (Å²) in [5.41, 5.74) is 0.662. The van der Waals surface area contributed by atoms with Gasteiger partial charge in [0.05, 0.1) is 0 Å². The molecule has 1 heterocycles. The number of hydrogen-bond acceptors (Lipinski definition) is 3. The van der Waals surface area contributed by atoms with Crippen molar-refractivity contribution in [3.8, 4) is 5.75 Å². The van der Waals surface area contributed by atoms with Gasteiger partial charge in [-0.2, -0.15) is 13.2 Å². The third kappa shape index (κ3) is 3.62. The Balaban J connectivity index is 0.000000203. The van der Waals surface area contributed by atoms with Crippen molar-refractivity contribution in [2.75, 3.05) is 0 Å². The largest absolute Gasteiger partial charge is 0.506 e. The van der Waals surface area contributed by atoms with Crippen molar-refractivity contribution in [3.05, 3.63) is 36.5 Å². The first-order chi connectivity index (χ1) is 8.32. The van der Waals surface area contributed by atoms with Crippen LogP contribution in [0.3, 0.4) is 0 Å². The maximum atomic E-state index is 10.6. The number of aromatic hydroxyl groups is 1. The molecule has 96 valence electrons. The lowest BCUT2D eigenvalue weighted by molar-refractivity contribution is -0.192. The Kier molecular flexibility index (Phi) is 4.09. The van der Waals surface area contributed by atoms with E-state index >= 15 is 0 Å². The third-order valence-electron chi connectivity index (χ3n) is 1.85. The molecule has 0 spiro atoms. The first kappa shape index (κ1) is 13.8. The van der Waals surface area contributed by atoms with Crippen LogP contribution in [-0.4, -0.2) is 27.3 Å². The zero-order valence-electron chi connectivity index (χ0n) is 8.85. The van der Waals surface area contributed by atoms with E-state index in [0.29, 0.717) is 5.52 Å². The molecule has 0 saturated carbocycles. The molecule has 0 unspecified atom stereocenters. The van der Waals surface area contributed by atoms with Crippen LogP contribution in [0.4, 0.5) is 13.2 Å². The zero-order valence-corrected chi connectivity index (χ0v) is 8.85. The highest BCUT2D eigenvalue weighted by Crippen LogP contribution is 2.20. The Bertz CT molecular complexity index is 549. The lowest BCUT2D eigenvalue weighted by atomic mass is 10.2. The van der Waals surface area contributed by atoms with E-state index in [0.717, 1.165) is 5.39 Å². The van der Waals surface area contributed by atoms with E-state index in [2.05, 4.69) is 4.98 Å². The first-order valence-corrected chi connectivity index (χ1v) is 4.65. The molecule has 1 aromatic heterocycles. The predicted molar refractivity (Wildman–Crippen MR) is 57.1 cm³/mol. The average molecular weight is 259 g/mol. The monoisotopic (exact) mass is 259 g/mol. The zero-order chi connectivity index (χ0) is 13.8. The number of carbonyl (C=O) groups is 1. The summed E-state index contributed by atoms with van der Waals surface area (Å²) in [6.45, 7) is 0. The molecular weight excluding hydrogens is 251 g/mol. The lowest BCUT2D eigenvalue weighted by Gasteiger charge is -1.96. The second-order valence-corrected chi connectivity index (χ2v) is 3.16. The number of pyridine rings is 1. The van der Waals surface area contributed by atoms with Crippen molar-refractivity contribution < 1.29 is 28.2 Å². The summed E-state index contributed by atoms with van der Waals surface area (Å²) in [7, 11) is 0. The molecular formula is C11H8F3NO3. The number of nitrogens with zero attached hydrogens (tertiary/aromatic N) is 1. The van der Waals surface area contributed by atoms with E-state index in [1.165, 1.54) is 0 Å². The van der Waals surface area contributed by atoms with E-state index < -0.39 is 12.1 Å². The predicted octanol–water partition coefficient (Wildman–Crippen LogP) is 2.57. The maximum Gasteiger partial charge on any atom is 0.490 e. The molecule has 4 nitrogen and oxygen atoms in total. The van der Waals surface area contributed by atoms with Crippen LogP contribution in [0, 0.1) is 0 Å². The number of carboxylic acids is 1. The van der Waals surface area contributed by atoms with E-state index in [1.54, 1.807) is 18.3 Å². The van der Waals surface area contributed by atoms with Crippen LogP contribution in [0.5, 0.6) is 5.75 Å². The summed E-state index contributed by atoms with van der Waals surface area (Å²) < 4.78 is 31.7. The van der Waals surface area contributed by atoms with Gasteiger partial charge in [0.25, 0.3) is 0 Å². The van der Waals surface area contributed by atoms with Gasteiger partial charge in [-0.25, -0.2) is 4.79 Å². The topological polar surface area (TPSA) is 70.4 Å². The highest BCUT2D eigenvalue weighted by Gasteiger charge is 2.38. The molecule has 18 heavy (non-hydrogen) atoms. The third-order valence-corrected chi connectivity index (χ3v) is 1.85. The van der Waals surface area contributed by atoms with Crippen molar-refractivity contribution in [2.45, 2.75) is 6.18 Å². The number of aromatic nitrogens is 1. The van der Waals surface area contributed by atoms with Gasteiger partial charge in [-0.15, -0.1) is 0 Å². The van der Waals surface area contributed by atoms with Gasteiger partial charge in [-0.3, -0.25) is 4.98 Å². The van der Waals surface area contributed by atoms with Crippen LogP contribution >= 0.6 is 0 Å². The summed E-state index contributed by atoms with van der Waals surface area (Å²) in [5.74, 6) is -2.52. The minimum absolute atomic E-state index is 0.239. The molecule has 0 bridgehead atoms. The van der Waals surface area contributed by atoms with Gasteiger partial charge >= 0.3 is 12.1 Å². The van der Waals surface area contributed by atoms with Crippen LogP contribution in [0.2, 0.25) is 0 Å². The molecule has 0 atom stereocenters. The highest BCUT2D eigenvalue weighted by molar-refractivity contribution is 5.83. The summed E-state index contributed by atoms with van der Waals surface area (Å²) in [4.78, 5) is 12.9. The fourth-order valence-corrected chi connectivity index (χ4v) is 1.09. The first-order valence-electron chi connectivity index (χ1n) is 4.65. The maximum absolute atomic E-state index is 10.6. The Morgan fingerprint density at radius 2 is 1.72 bits per heavy atom. The normalized spacial score (nSPS) is 10.6.